The van der Waals surface area contributed by atoms with E-state index in [-0.39, 0.29) is 29.8 Å². The van der Waals surface area contributed by atoms with E-state index in [0.29, 0.717) is 40.9 Å². The van der Waals surface area contributed by atoms with E-state index in [1.165, 1.54) is 12.3 Å². The largest absolute Gasteiger partial charge is 0.389 e. The number of aliphatic hydroxyl groups is 1. The van der Waals surface area contributed by atoms with Crippen LogP contribution in [0, 0.1) is 11.7 Å². The number of nitrogens with zero attached hydrogens (tertiary/aromatic N) is 3. The molecule has 2 aliphatic heterocycles. The molecule has 0 radical (unpaired) electrons. The van der Waals surface area contributed by atoms with Crippen molar-refractivity contribution in [2.45, 2.75) is 58.1 Å². The number of aliphatic hydroxyl groups excluding tert-OH is 1. The van der Waals surface area contributed by atoms with Crippen LogP contribution in [-0.2, 0) is 10.2 Å². The summed E-state index contributed by atoms with van der Waals surface area (Å²) in [5.74, 6) is 0.208. The zero-order valence-electron chi connectivity index (χ0n) is 18.2. The number of halogens is 2. The highest BCUT2D eigenvalue weighted by atomic mass is 35.5. The van der Waals surface area contributed by atoms with Gasteiger partial charge >= 0.3 is 0 Å². The summed E-state index contributed by atoms with van der Waals surface area (Å²) in [5, 5.41) is 13.6. The zero-order valence-corrected chi connectivity index (χ0v) is 19.0. The fourth-order valence-electron chi connectivity index (χ4n) is 4.34. The Bertz CT molecular complexity index is 1030. The SMILES string of the molecule is CCC(C)C1=Nc2c(F)cc(-c3nc(N[C@@H]4CCOC[C@H]4O)ncc3Cl)cc2C1(C)C. The molecule has 0 amide bonds. The highest BCUT2D eigenvalue weighted by Gasteiger charge is 2.39. The molecular weight excluding hydrogens is 419 g/mol. The Balaban J connectivity index is 1.70. The molecule has 4 rings (SSSR count). The lowest BCUT2D eigenvalue weighted by molar-refractivity contribution is -0.0136. The molecule has 3 heterocycles. The van der Waals surface area contributed by atoms with Gasteiger partial charge in [-0.15, -0.1) is 0 Å². The molecule has 1 fully saturated rings. The second-order valence-electron chi connectivity index (χ2n) is 8.86. The molecule has 0 bridgehead atoms. The van der Waals surface area contributed by atoms with Crippen LogP contribution in [0.3, 0.4) is 0 Å². The maximum atomic E-state index is 15.1. The summed E-state index contributed by atoms with van der Waals surface area (Å²) in [4.78, 5) is 13.4. The van der Waals surface area contributed by atoms with Crippen LogP contribution in [0.5, 0.6) is 0 Å². The topological polar surface area (TPSA) is 79.6 Å². The first kappa shape index (κ1) is 22.1. The second-order valence-corrected chi connectivity index (χ2v) is 9.26. The van der Waals surface area contributed by atoms with Crippen LogP contribution in [0.4, 0.5) is 16.0 Å². The quantitative estimate of drug-likeness (QED) is 0.682. The van der Waals surface area contributed by atoms with Gasteiger partial charge in [0.15, 0.2) is 0 Å². The van der Waals surface area contributed by atoms with Gasteiger partial charge in [-0.1, -0.05) is 39.3 Å². The number of benzene rings is 1. The standard InChI is InChI=1S/C23H28ClFN4O2/c1-5-12(2)21-23(3,4)14-8-13(9-16(25)20(14)28-21)19-15(24)10-26-22(29-19)27-17-6-7-31-11-18(17)30/h8-10,12,17-18,30H,5-7,11H2,1-4H3,(H,26,27,29)/t12?,17-,18-/m1/s1. The summed E-state index contributed by atoms with van der Waals surface area (Å²) >= 11 is 6.40. The van der Waals surface area contributed by atoms with Crippen molar-refractivity contribution in [3.8, 4) is 11.3 Å². The van der Waals surface area contributed by atoms with E-state index >= 15 is 4.39 Å². The molecule has 6 nitrogen and oxygen atoms in total. The van der Waals surface area contributed by atoms with Crippen molar-refractivity contribution < 1.29 is 14.2 Å². The van der Waals surface area contributed by atoms with E-state index in [0.717, 1.165) is 17.7 Å². The molecule has 0 saturated carbocycles. The second kappa shape index (κ2) is 8.45. The third-order valence-electron chi connectivity index (χ3n) is 6.35. The van der Waals surface area contributed by atoms with E-state index in [1.807, 2.05) is 6.07 Å². The van der Waals surface area contributed by atoms with Crippen molar-refractivity contribution >= 4 is 28.9 Å². The molecule has 1 aromatic carbocycles. The smallest absolute Gasteiger partial charge is 0.223 e. The van der Waals surface area contributed by atoms with Crippen molar-refractivity contribution in [2.75, 3.05) is 18.5 Å². The van der Waals surface area contributed by atoms with E-state index in [4.69, 9.17) is 16.3 Å². The number of aliphatic imine (C=N–C) groups is 1. The molecule has 3 atom stereocenters. The summed E-state index contributed by atoms with van der Waals surface area (Å²) in [5.41, 5.74) is 2.86. The monoisotopic (exact) mass is 446 g/mol. The van der Waals surface area contributed by atoms with Crippen LogP contribution >= 0.6 is 11.6 Å². The normalized spacial score (nSPS) is 23.3. The first-order chi connectivity index (χ1) is 14.7. The minimum absolute atomic E-state index is 0.218. The average molecular weight is 447 g/mol. The molecule has 0 spiro atoms. The van der Waals surface area contributed by atoms with Gasteiger partial charge in [0.25, 0.3) is 0 Å². The molecule has 2 aliphatic rings. The number of rotatable bonds is 5. The molecular formula is C23H28ClFN4O2. The predicted molar refractivity (Wildman–Crippen MR) is 121 cm³/mol. The Morgan fingerprint density at radius 3 is 2.87 bits per heavy atom. The van der Waals surface area contributed by atoms with E-state index in [2.05, 4.69) is 48.0 Å². The van der Waals surface area contributed by atoms with Crippen molar-refractivity contribution in [2.24, 2.45) is 10.9 Å². The lowest BCUT2D eigenvalue weighted by Gasteiger charge is -2.28. The first-order valence-corrected chi connectivity index (χ1v) is 11.1. The molecule has 31 heavy (non-hydrogen) atoms. The van der Waals surface area contributed by atoms with E-state index < -0.39 is 6.10 Å². The lowest BCUT2D eigenvalue weighted by atomic mass is 9.76. The summed E-state index contributed by atoms with van der Waals surface area (Å²) < 4.78 is 20.4. The average Bonchev–Trinajstić information content (AvgIpc) is 3.01. The Morgan fingerprint density at radius 2 is 2.16 bits per heavy atom. The molecule has 2 N–H and O–H groups in total. The van der Waals surface area contributed by atoms with Gasteiger partial charge in [0, 0.05) is 23.3 Å². The molecule has 1 unspecified atom stereocenters. The Morgan fingerprint density at radius 1 is 1.39 bits per heavy atom. The number of hydrogen-bond donors (Lipinski definition) is 2. The van der Waals surface area contributed by atoms with Crippen molar-refractivity contribution in [3.05, 3.63) is 34.7 Å². The third-order valence-corrected chi connectivity index (χ3v) is 6.62. The molecule has 8 heteroatoms. The Labute approximate surface area is 186 Å². The van der Waals surface area contributed by atoms with E-state index in [1.54, 1.807) is 0 Å². The highest BCUT2D eigenvalue weighted by molar-refractivity contribution is 6.33. The number of hydrogen-bond acceptors (Lipinski definition) is 6. The fraction of sp³-hybridized carbons (Fsp3) is 0.522. The first-order valence-electron chi connectivity index (χ1n) is 10.7. The van der Waals surface area contributed by atoms with Gasteiger partial charge in [-0.25, -0.2) is 14.4 Å². The Kier molecular flexibility index (Phi) is 6.03. The van der Waals surface area contributed by atoms with Crippen molar-refractivity contribution in [1.82, 2.24) is 9.97 Å². The van der Waals surface area contributed by atoms with Crippen LogP contribution in [-0.4, -0.2) is 46.1 Å². The van der Waals surface area contributed by atoms with E-state index in [9.17, 15) is 5.11 Å². The summed E-state index contributed by atoms with van der Waals surface area (Å²) in [6.45, 7) is 9.21. The molecule has 1 saturated heterocycles. The van der Waals surface area contributed by atoms with Crippen LogP contribution < -0.4 is 5.32 Å². The molecule has 166 valence electrons. The lowest BCUT2D eigenvalue weighted by Crippen LogP contribution is -2.42. The Hall–Kier alpha value is -2.09. The zero-order chi connectivity index (χ0) is 22.3. The number of aromatic nitrogens is 2. The maximum absolute atomic E-state index is 15.1. The van der Waals surface area contributed by atoms with Gasteiger partial charge in [-0.05, 0) is 36.5 Å². The van der Waals surface area contributed by atoms with Gasteiger partial charge in [0.1, 0.15) is 11.5 Å². The van der Waals surface area contributed by atoms with Gasteiger partial charge in [0.2, 0.25) is 5.95 Å². The fourth-order valence-corrected chi connectivity index (χ4v) is 4.54. The van der Waals surface area contributed by atoms with Gasteiger partial charge in [-0.2, -0.15) is 0 Å². The molecule has 0 aliphatic carbocycles. The predicted octanol–water partition coefficient (Wildman–Crippen LogP) is 4.91. The number of ether oxygens (including phenoxy) is 1. The summed E-state index contributed by atoms with van der Waals surface area (Å²) in [6.07, 6.45) is 2.43. The van der Waals surface area contributed by atoms with Gasteiger partial charge in [0.05, 0.1) is 35.7 Å². The number of anilines is 1. The summed E-state index contributed by atoms with van der Waals surface area (Å²) in [7, 11) is 0. The van der Waals surface area contributed by atoms with Crippen LogP contribution in [0.25, 0.3) is 11.3 Å². The van der Waals surface area contributed by atoms with Crippen molar-refractivity contribution in [1.29, 1.82) is 0 Å². The van der Waals surface area contributed by atoms with Crippen molar-refractivity contribution in [3.63, 3.8) is 0 Å². The minimum Gasteiger partial charge on any atom is -0.389 e. The number of nitrogens with one attached hydrogen (secondary N) is 1. The molecule has 1 aromatic heterocycles. The molecule has 2 aromatic rings. The van der Waals surface area contributed by atoms with Crippen LogP contribution in [0.2, 0.25) is 5.02 Å². The maximum Gasteiger partial charge on any atom is 0.223 e. The van der Waals surface area contributed by atoms with Crippen LogP contribution in [0.1, 0.15) is 46.1 Å². The summed E-state index contributed by atoms with van der Waals surface area (Å²) in [6, 6.07) is 3.14. The number of fused-ring (bicyclic) bond motifs is 1. The van der Waals surface area contributed by atoms with Gasteiger partial charge < -0.3 is 15.2 Å². The van der Waals surface area contributed by atoms with Crippen LogP contribution in [0.15, 0.2) is 23.3 Å². The van der Waals surface area contributed by atoms with Gasteiger partial charge in [-0.3, -0.25) is 4.99 Å². The minimum atomic E-state index is -0.647. The third kappa shape index (κ3) is 4.06. The highest BCUT2D eigenvalue weighted by Crippen LogP contribution is 2.46.